The average Bonchev–Trinajstić information content (AvgIpc) is 3.37. The third-order valence-electron chi connectivity index (χ3n) is 5.86. The van der Waals surface area contributed by atoms with Crippen LogP contribution in [0.1, 0.15) is 34.6 Å². The summed E-state index contributed by atoms with van der Waals surface area (Å²) in [5.41, 5.74) is 1.38. The highest BCUT2D eigenvalue weighted by molar-refractivity contribution is 5.94. The molecule has 0 aliphatic carbocycles. The van der Waals surface area contributed by atoms with Crippen molar-refractivity contribution in [3.8, 4) is 11.1 Å². The molecule has 1 saturated heterocycles. The molecular weight excluding hydrogens is 504 g/mol. The lowest BCUT2D eigenvalue weighted by Gasteiger charge is -2.31. The second-order valence-electron chi connectivity index (χ2n) is 8.43. The Labute approximate surface area is 207 Å². The Morgan fingerprint density at radius 2 is 1.43 bits per heavy atom. The number of nitrogens with zero attached hydrogens (tertiary/aromatic N) is 2. The summed E-state index contributed by atoms with van der Waals surface area (Å²) >= 11 is 0. The average molecular weight is 527 g/mol. The lowest BCUT2D eigenvalue weighted by molar-refractivity contribution is -0.192. The molecule has 0 radical (unpaired) electrons. The summed E-state index contributed by atoms with van der Waals surface area (Å²) in [6.45, 7) is 1.43. The van der Waals surface area contributed by atoms with Gasteiger partial charge in [-0.3, -0.25) is 4.79 Å². The maximum atomic E-state index is 12.8. The van der Waals surface area contributed by atoms with Gasteiger partial charge in [-0.2, -0.15) is 26.3 Å². The van der Waals surface area contributed by atoms with Crippen molar-refractivity contribution in [1.29, 1.82) is 0 Å². The fourth-order valence-electron chi connectivity index (χ4n) is 3.86. The van der Waals surface area contributed by atoms with Gasteiger partial charge in [0, 0.05) is 37.5 Å². The van der Waals surface area contributed by atoms with Gasteiger partial charge in [-0.05, 0) is 54.2 Å². The maximum Gasteiger partial charge on any atom is 0.490 e. The minimum atomic E-state index is -5.08. The second-order valence-corrected chi connectivity index (χ2v) is 8.43. The van der Waals surface area contributed by atoms with Crippen molar-refractivity contribution in [1.82, 2.24) is 14.9 Å². The van der Waals surface area contributed by atoms with Crippen LogP contribution in [0.15, 0.2) is 60.9 Å². The normalized spacial score (nSPS) is 14.6. The number of likely N-dealkylation sites (tertiary alicyclic amines) is 1. The standard InChI is InChI=1S/C23H22F3N3O.C2HF3O2/c24-23(25,26)20-7-5-18(6-8-20)17-1-3-19(4-2-17)22(30)29-13-9-16(10-14-29)15-21-27-11-12-28-21;3-2(4,5)1(6)7/h1-8,11-12,16H,9-10,13-15H2,(H,27,28);(H,6,7). The molecule has 37 heavy (non-hydrogen) atoms. The highest BCUT2D eigenvalue weighted by atomic mass is 19.4. The molecule has 1 amide bonds. The number of aromatic nitrogens is 2. The summed E-state index contributed by atoms with van der Waals surface area (Å²) in [5.74, 6) is -1.27. The van der Waals surface area contributed by atoms with Crippen molar-refractivity contribution in [2.45, 2.75) is 31.6 Å². The lowest BCUT2D eigenvalue weighted by atomic mass is 9.93. The summed E-state index contributed by atoms with van der Waals surface area (Å²) in [7, 11) is 0. The predicted octanol–water partition coefficient (Wildman–Crippen LogP) is 5.82. The molecule has 6 nitrogen and oxygen atoms in total. The number of imidazole rings is 1. The molecule has 0 saturated carbocycles. The van der Waals surface area contributed by atoms with Gasteiger partial charge in [-0.15, -0.1) is 0 Å². The minimum Gasteiger partial charge on any atom is -0.475 e. The number of alkyl halides is 6. The molecule has 1 aliphatic rings. The number of benzene rings is 2. The molecule has 0 spiro atoms. The number of hydrogen-bond acceptors (Lipinski definition) is 3. The Bertz CT molecular complexity index is 1170. The number of carbonyl (C=O) groups excluding carboxylic acids is 1. The fraction of sp³-hybridized carbons (Fsp3) is 0.320. The van der Waals surface area contributed by atoms with Gasteiger partial charge in [0.25, 0.3) is 5.91 Å². The van der Waals surface area contributed by atoms with E-state index in [2.05, 4.69) is 9.97 Å². The van der Waals surface area contributed by atoms with Crippen LogP contribution in [0.4, 0.5) is 26.3 Å². The van der Waals surface area contributed by atoms with Gasteiger partial charge in [-0.1, -0.05) is 24.3 Å². The monoisotopic (exact) mass is 527 g/mol. The summed E-state index contributed by atoms with van der Waals surface area (Å²) < 4.78 is 69.9. The molecule has 2 heterocycles. The number of amides is 1. The summed E-state index contributed by atoms with van der Waals surface area (Å²) in [6.07, 6.45) is -3.08. The third-order valence-corrected chi connectivity index (χ3v) is 5.86. The van der Waals surface area contributed by atoms with Crippen molar-refractivity contribution in [3.05, 3.63) is 77.9 Å². The number of rotatable bonds is 4. The quantitative estimate of drug-likeness (QED) is 0.419. The van der Waals surface area contributed by atoms with Crippen LogP contribution in [0.2, 0.25) is 0 Å². The van der Waals surface area contributed by atoms with Gasteiger partial charge in [0.1, 0.15) is 5.82 Å². The number of aromatic amines is 1. The Kier molecular flexibility index (Phi) is 8.61. The molecule has 12 heteroatoms. The van der Waals surface area contributed by atoms with Gasteiger partial charge in [0.15, 0.2) is 0 Å². The van der Waals surface area contributed by atoms with E-state index in [9.17, 15) is 31.1 Å². The van der Waals surface area contributed by atoms with E-state index in [1.54, 1.807) is 30.5 Å². The van der Waals surface area contributed by atoms with Crippen molar-refractivity contribution < 1.29 is 41.0 Å². The number of carbonyl (C=O) groups is 2. The van der Waals surface area contributed by atoms with Crippen LogP contribution in [-0.2, 0) is 17.4 Å². The van der Waals surface area contributed by atoms with Crippen LogP contribution in [0.5, 0.6) is 0 Å². The van der Waals surface area contributed by atoms with E-state index in [1.165, 1.54) is 12.1 Å². The van der Waals surface area contributed by atoms with Crippen LogP contribution >= 0.6 is 0 Å². The number of hydrogen-bond donors (Lipinski definition) is 2. The number of halogens is 6. The lowest BCUT2D eigenvalue weighted by Crippen LogP contribution is -2.39. The molecule has 198 valence electrons. The smallest absolute Gasteiger partial charge is 0.475 e. The van der Waals surface area contributed by atoms with Crippen LogP contribution in [0.3, 0.4) is 0 Å². The van der Waals surface area contributed by atoms with Crippen LogP contribution in [-0.4, -0.2) is 51.1 Å². The molecule has 3 aromatic rings. The van der Waals surface area contributed by atoms with Crippen molar-refractivity contribution in [2.75, 3.05) is 13.1 Å². The number of carboxylic acids is 1. The van der Waals surface area contributed by atoms with Crippen LogP contribution in [0.25, 0.3) is 11.1 Å². The summed E-state index contributed by atoms with van der Waals surface area (Å²) in [6, 6.07) is 12.1. The largest absolute Gasteiger partial charge is 0.490 e. The number of piperidine rings is 1. The molecule has 0 atom stereocenters. The topological polar surface area (TPSA) is 86.3 Å². The van der Waals surface area contributed by atoms with Crippen molar-refractivity contribution >= 4 is 11.9 Å². The molecule has 0 unspecified atom stereocenters. The first-order valence-corrected chi connectivity index (χ1v) is 11.2. The Morgan fingerprint density at radius 1 is 0.919 bits per heavy atom. The number of carboxylic acid groups (broad SMARTS) is 1. The molecule has 1 fully saturated rings. The van der Waals surface area contributed by atoms with E-state index in [4.69, 9.17) is 9.90 Å². The highest BCUT2D eigenvalue weighted by Gasteiger charge is 2.38. The van der Waals surface area contributed by atoms with Crippen LogP contribution in [0, 0.1) is 5.92 Å². The van der Waals surface area contributed by atoms with E-state index in [-0.39, 0.29) is 5.91 Å². The predicted molar refractivity (Wildman–Crippen MR) is 121 cm³/mol. The molecule has 2 aromatic carbocycles. The number of nitrogens with one attached hydrogen (secondary N) is 1. The van der Waals surface area contributed by atoms with Gasteiger partial charge in [-0.25, -0.2) is 9.78 Å². The Hall–Kier alpha value is -3.83. The van der Waals surface area contributed by atoms with Gasteiger partial charge >= 0.3 is 18.3 Å². The molecule has 2 N–H and O–H groups in total. The number of H-pyrrole nitrogens is 1. The molecule has 4 rings (SSSR count). The third kappa shape index (κ3) is 7.83. The summed E-state index contributed by atoms with van der Waals surface area (Å²) in [4.78, 5) is 31.0. The van der Waals surface area contributed by atoms with Gasteiger partial charge < -0.3 is 15.0 Å². The molecular formula is C25H23F6N3O3. The van der Waals surface area contributed by atoms with Gasteiger partial charge in [0.2, 0.25) is 0 Å². The van der Waals surface area contributed by atoms with E-state index < -0.39 is 23.9 Å². The first-order chi connectivity index (χ1) is 17.3. The van der Waals surface area contributed by atoms with E-state index in [0.717, 1.165) is 42.8 Å². The minimum absolute atomic E-state index is 0.00887. The van der Waals surface area contributed by atoms with Crippen molar-refractivity contribution in [2.24, 2.45) is 5.92 Å². The molecule has 1 aliphatic heterocycles. The summed E-state index contributed by atoms with van der Waals surface area (Å²) in [5, 5.41) is 7.12. The first-order valence-electron chi connectivity index (χ1n) is 11.2. The maximum absolute atomic E-state index is 12.8. The van der Waals surface area contributed by atoms with Crippen molar-refractivity contribution in [3.63, 3.8) is 0 Å². The van der Waals surface area contributed by atoms with Crippen LogP contribution < -0.4 is 0 Å². The van der Waals surface area contributed by atoms with E-state index in [0.29, 0.717) is 30.1 Å². The Balaban J connectivity index is 0.000000479. The molecule has 1 aromatic heterocycles. The fourth-order valence-corrected chi connectivity index (χ4v) is 3.86. The van der Waals surface area contributed by atoms with Gasteiger partial charge in [0.05, 0.1) is 5.56 Å². The highest BCUT2D eigenvalue weighted by Crippen LogP contribution is 2.31. The number of aliphatic carboxylic acids is 1. The van der Waals surface area contributed by atoms with E-state index in [1.807, 2.05) is 11.1 Å². The SMILES string of the molecule is O=C(O)C(F)(F)F.O=C(c1ccc(-c2ccc(C(F)(F)F)cc2)cc1)N1CCC(Cc2ncc[nH]2)CC1. The molecule has 0 bridgehead atoms. The van der Waals surface area contributed by atoms with E-state index >= 15 is 0 Å². The zero-order valence-electron chi connectivity index (χ0n) is 19.3. The second kappa shape index (κ2) is 11.5. The zero-order valence-corrected chi connectivity index (χ0v) is 19.3. The zero-order chi connectivity index (χ0) is 27.2. The first kappa shape index (κ1) is 27.8. The Morgan fingerprint density at radius 3 is 1.86 bits per heavy atom.